The Labute approximate surface area is 136 Å². The number of alkyl halides is 1. The van der Waals surface area contributed by atoms with Gasteiger partial charge in [0.2, 0.25) is 0 Å². The van der Waals surface area contributed by atoms with Crippen molar-refractivity contribution >= 4 is 17.0 Å². The van der Waals surface area contributed by atoms with E-state index < -0.39 is 30.2 Å². The fraction of sp³-hybridized carbons (Fsp3) is 0.500. The Bertz CT molecular complexity index is 808. The van der Waals surface area contributed by atoms with Crippen molar-refractivity contribution in [3.05, 3.63) is 12.7 Å². The van der Waals surface area contributed by atoms with Crippen LogP contribution in [0.4, 0.5) is 10.2 Å². The van der Waals surface area contributed by atoms with Crippen molar-refractivity contribution in [2.75, 3.05) is 26.1 Å². The van der Waals surface area contributed by atoms with Gasteiger partial charge in [-0.1, -0.05) is 5.92 Å². The normalized spacial score (nSPS) is 33.0. The molecule has 3 heterocycles. The zero-order valence-electron chi connectivity index (χ0n) is 12.8. The average Bonchev–Trinajstić information content (AvgIpc) is 3.10. The standard InChI is InChI=1S/C14H16FN5O4/c1-3-14(22)11(21)13(4-15,5-23-2)24-12(14)20-7-19-8-9(16)17-6-18-10(8)20/h1,6-7,11-12,21-22H,4-5H2,2H3,(H2,16,17,18)/t11-,12-,13-,14-/m1/s1. The molecule has 0 spiro atoms. The maximum Gasteiger partial charge on any atom is 0.199 e. The summed E-state index contributed by atoms with van der Waals surface area (Å²) in [5, 5.41) is 21.2. The molecule has 3 rings (SSSR count). The van der Waals surface area contributed by atoms with Crippen LogP contribution in [0.1, 0.15) is 6.23 Å². The van der Waals surface area contributed by atoms with E-state index in [4.69, 9.17) is 21.6 Å². The number of methoxy groups -OCH3 is 1. The van der Waals surface area contributed by atoms with Gasteiger partial charge in [-0.2, -0.15) is 0 Å². The molecule has 0 unspecified atom stereocenters. The monoisotopic (exact) mass is 337 g/mol. The molecule has 9 nitrogen and oxygen atoms in total. The van der Waals surface area contributed by atoms with E-state index >= 15 is 0 Å². The molecule has 0 amide bonds. The minimum atomic E-state index is -2.22. The van der Waals surface area contributed by atoms with E-state index in [2.05, 4.69) is 20.9 Å². The number of hydrogen-bond acceptors (Lipinski definition) is 8. The van der Waals surface area contributed by atoms with Crippen LogP contribution in [-0.4, -0.2) is 67.4 Å². The highest BCUT2D eigenvalue weighted by atomic mass is 19.1. The number of aromatic nitrogens is 4. The van der Waals surface area contributed by atoms with Crippen LogP contribution in [0.3, 0.4) is 0 Å². The summed E-state index contributed by atoms with van der Waals surface area (Å²) in [6.45, 7) is -1.43. The first-order chi connectivity index (χ1) is 11.4. The maximum atomic E-state index is 13.6. The molecule has 128 valence electrons. The third-order valence-electron chi connectivity index (χ3n) is 4.12. The number of nitrogen functional groups attached to an aromatic ring is 1. The third kappa shape index (κ3) is 2.06. The second-order valence-corrected chi connectivity index (χ2v) is 5.56. The van der Waals surface area contributed by atoms with Gasteiger partial charge in [0.25, 0.3) is 0 Å². The van der Waals surface area contributed by atoms with Gasteiger partial charge in [-0.25, -0.2) is 19.3 Å². The Morgan fingerprint density at radius 3 is 2.92 bits per heavy atom. The SMILES string of the molecule is C#C[C@@]1(O)[C@H](O)[C@@](CF)(COC)O[C@H]1n1cnc2c(N)ncnc21. The van der Waals surface area contributed by atoms with Crippen LogP contribution in [0.5, 0.6) is 0 Å². The molecular formula is C14H16FN5O4. The number of anilines is 1. The van der Waals surface area contributed by atoms with E-state index in [1.54, 1.807) is 0 Å². The van der Waals surface area contributed by atoms with Crippen LogP contribution in [0.25, 0.3) is 11.2 Å². The summed E-state index contributed by atoms with van der Waals surface area (Å²) in [4.78, 5) is 11.9. The highest BCUT2D eigenvalue weighted by molar-refractivity contribution is 5.81. The largest absolute Gasteiger partial charge is 0.386 e. The van der Waals surface area contributed by atoms with Crippen molar-refractivity contribution in [3.8, 4) is 12.3 Å². The minimum absolute atomic E-state index is 0.121. The smallest absolute Gasteiger partial charge is 0.199 e. The summed E-state index contributed by atoms with van der Waals surface area (Å²) in [7, 11) is 1.32. The fourth-order valence-electron chi connectivity index (χ4n) is 2.87. The highest BCUT2D eigenvalue weighted by Gasteiger charge is 2.64. The fourth-order valence-corrected chi connectivity index (χ4v) is 2.87. The van der Waals surface area contributed by atoms with Crippen LogP contribution in [-0.2, 0) is 9.47 Å². The number of halogens is 1. The molecule has 10 heteroatoms. The molecule has 4 N–H and O–H groups in total. The lowest BCUT2D eigenvalue weighted by Gasteiger charge is -2.29. The lowest BCUT2D eigenvalue weighted by molar-refractivity contribution is -0.143. The Kier molecular flexibility index (Phi) is 3.89. The number of nitrogens with two attached hydrogens (primary N) is 1. The van der Waals surface area contributed by atoms with Gasteiger partial charge in [-0.15, -0.1) is 6.42 Å². The second kappa shape index (κ2) is 5.64. The molecule has 4 atom stereocenters. The van der Waals surface area contributed by atoms with Crippen LogP contribution in [0.15, 0.2) is 12.7 Å². The van der Waals surface area contributed by atoms with Crippen LogP contribution in [0, 0.1) is 12.3 Å². The lowest BCUT2D eigenvalue weighted by atomic mass is 9.87. The quantitative estimate of drug-likeness (QED) is 0.607. The van der Waals surface area contributed by atoms with E-state index in [1.807, 2.05) is 0 Å². The van der Waals surface area contributed by atoms with Gasteiger partial charge >= 0.3 is 0 Å². The predicted octanol–water partition coefficient (Wildman–Crippen LogP) is -0.983. The molecule has 2 aromatic heterocycles. The zero-order valence-corrected chi connectivity index (χ0v) is 12.8. The Morgan fingerprint density at radius 1 is 1.54 bits per heavy atom. The number of aliphatic hydroxyl groups excluding tert-OH is 1. The van der Waals surface area contributed by atoms with E-state index in [0.717, 1.165) is 0 Å². The number of terminal acetylenes is 1. The summed E-state index contributed by atoms with van der Waals surface area (Å²) in [6.07, 6.45) is 4.80. The van der Waals surface area contributed by atoms with E-state index in [9.17, 15) is 14.6 Å². The van der Waals surface area contributed by atoms with E-state index in [0.29, 0.717) is 0 Å². The average molecular weight is 337 g/mol. The first-order valence-corrected chi connectivity index (χ1v) is 6.97. The Hall–Kier alpha value is -2.32. The summed E-state index contributed by atoms with van der Waals surface area (Å²) < 4.78 is 25.5. The molecule has 1 fully saturated rings. The Morgan fingerprint density at radius 2 is 2.29 bits per heavy atom. The van der Waals surface area contributed by atoms with Crippen molar-refractivity contribution in [1.29, 1.82) is 0 Å². The molecule has 0 aliphatic carbocycles. The first kappa shape index (κ1) is 16.5. The van der Waals surface area contributed by atoms with Crippen LogP contribution >= 0.6 is 0 Å². The van der Waals surface area contributed by atoms with Gasteiger partial charge in [0.05, 0.1) is 12.9 Å². The predicted molar refractivity (Wildman–Crippen MR) is 80.2 cm³/mol. The van der Waals surface area contributed by atoms with E-state index in [-0.39, 0.29) is 23.6 Å². The first-order valence-electron chi connectivity index (χ1n) is 6.97. The molecule has 1 aliphatic rings. The van der Waals surface area contributed by atoms with Crippen LogP contribution < -0.4 is 5.73 Å². The molecule has 2 aromatic rings. The third-order valence-corrected chi connectivity index (χ3v) is 4.12. The van der Waals surface area contributed by atoms with Crippen molar-refractivity contribution in [2.24, 2.45) is 0 Å². The maximum absolute atomic E-state index is 13.6. The Balaban J connectivity index is 2.15. The number of rotatable bonds is 4. The number of nitrogens with zero attached hydrogens (tertiary/aromatic N) is 4. The number of fused-ring (bicyclic) bond motifs is 1. The van der Waals surface area contributed by atoms with Gasteiger partial charge in [0, 0.05) is 7.11 Å². The van der Waals surface area contributed by atoms with Crippen LogP contribution in [0.2, 0.25) is 0 Å². The second-order valence-electron chi connectivity index (χ2n) is 5.56. The van der Waals surface area contributed by atoms with Gasteiger partial charge in [-0.3, -0.25) is 4.57 Å². The molecule has 0 aromatic carbocycles. The minimum Gasteiger partial charge on any atom is -0.386 e. The number of ether oxygens (including phenoxy) is 2. The van der Waals surface area contributed by atoms with Crippen molar-refractivity contribution in [3.63, 3.8) is 0 Å². The van der Waals surface area contributed by atoms with Gasteiger partial charge in [0.15, 0.2) is 28.9 Å². The molecule has 0 saturated carbocycles. The summed E-state index contributed by atoms with van der Waals surface area (Å²) >= 11 is 0. The van der Waals surface area contributed by atoms with Crippen molar-refractivity contribution < 1.29 is 24.1 Å². The van der Waals surface area contributed by atoms with Gasteiger partial charge in [0.1, 0.15) is 24.6 Å². The summed E-state index contributed by atoms with van der Waals surface area (Å²) in [5.74, 6) is 2.21. The highest BCUT2D eigenvalue weighted by Crippen LogP contribution is 2.45. The van der Waals surface area contributed by atoms with Crippen molar-refractivity contribution in [1.82, 2.24) is 19.5 Å². The lowest BCUT2D eigenvalue weighted by Crippen LogP contribution is -2.53. The molecule has 1 saturated heterocycles. The number of hydrogen-bond donors (Lipinski definition) is 3. The molecule has 0 bridgehead atoms. The van der Waals surface area contributed by atoms with Crippen molar-refractivity contribution in [2.45, 2.75) is 23.5 Å². The summed E-state index contributed by atoms with van der Waals surface area (Å²) in [5.41, 5.74) is 2.16. The zero-order chi connectivity index (χ0) is 17.5. The molecule has 1 aliphatic heterocycles. The van der Waals surface area contributed by atoms with Gasteiger partial charge in [-0.05, 0) is 0 Å². The molecule has 24 heavy (non-hydrogen) atoms. The van der Waals surface area contributed by atoms with E-state index in [1.165, 1.54) is 24.3 Å². The molecular weight excluding hydrogens is 321 g/mol. The number of imidazole rings is 1. The van der Waals surface area contributed by atoms with Gasteiger partial charge < -0.3 is 25.4 Å². The topological polar surface area (TPSA) is 129 Å². The summed E-state index contributed by atoms with van der Waals surface area (Å²) in [6, 6.07) is 0. The number of aliphatic hydroxyl groups is 2. The molecule has 0 radical (unpaired) electrons.